The van der Waals surface area contributed by atoms with Crippen LogP contribution in [0.3, 0.4) is 0 Å². The quantitative estimate of drug-likeness (QED) is 0.234. The first-order valence-electron chi connectivity index (χ1n) is 12.2. The van der Waals surface area contributed by atoms with Crippen molar-refractivity contribution in [2.45, 2.75) is 38.1 Å². The molecule has 0 saturated carbocycles. The van der Waals surface area contributed by atoms with Gasteiger partial charge in [-0.3, -0.25) is 23.4 Å². The Morgan fingerprint density at radius 3 is 2.47 bits per heavy atom. The normalized spacial score (nSPS) is 28.4. The lowest BCUT2D eigenvalue weighted by Gasteiger charge is -2.38. The van der Waals surface area contributed by atoms with Gasteiger partial charge in [-0.05, 0) is 19.3 Å². The zero-order valence-corrected chi connectivity index (χ0v) is 22.3. The first-order chi connectivity index (χ1) is 17.3. The predicted octanol–water partition coefficient (Wildman–Crippen LogP) is 0.527. The predicted molar refractivity (Wildman–Crippen MR) is 127 cm³/mol. The minimum atomic E-state index is -3.73. The molecule has 0 spiro atoms. The van der Waals surface area contributed by atoms with Crippen molar-refractivity contribution in [2.24, 2.45) is 0 Å². The van der Waals surface area contributed by atoms with E-state index in [1.165, 1.54) is 7.11 Å². The molecule has 5 rings (SSSR count). The highest BCUT2D eigenvalue weighted by atomic mass is 31.2. The van der Waals surface area contributed by atoms with Gasteiger partial charge in [0.15, 0.2) is 0 Å². The number of rotatable bonds is 11. The second-order valence-corrected chi connectivity index (χ2v) is 13.4. The molecule has 2 bridgehead atoms. The van der Waals surface area contributed by atoms with Crippen molar-refractivity contribution in [1.82, 2.24) is 19.1 Å². The molecule has 36 heavy (non-hydrogen) atoms. The zero-order chi connectivity index (χ0) is 25.6. The van der Waals surface area contributed by atoms with Crippen LogP contribution in [-0.2, 0) is 38.2 Å². The van der Waals surface area contributed by atoms with Gasteiger partial charge in [-0.2, -0.15) is 4.39 Å². The maximum Gasteiger partial charge on any atom is 0.501 e. The minimum Gasteiger partial charge on any atom is -0.372 e. The van der Waals surface area contributed by atoms with Gasteiger partial charge in [-0.25, -0.2) is 14.4 Å². The van der Waals surface area contributed by atoms with Gasteiger partial charge in [-0.1, -0.05) is 0 Å². The first kappa shape index (κ1) is 27.8. The summed E-state index contributed by atoms with van der Waals surface area (Å²) in [7, 11) is -5.30. The fourth-order valence-electron chi connectivity index (χ4n) is 4.38. The van der Waals surface area contributed by atoms with Gasteiger partial charge in [0.25, 0.3) is 5.56 Å². The molecule has 1 unspecified atom stereocenters. The van der Waals surface area contributed by atoms with Crippen LogP contribution in [0.2, 0.25) is 6.04 Å². The van der Waals surface area contributed by atoms with E-state index in [-0.39, 0.29) is 19.7 Å². The van der Waals surface area contributed by atoms with Gasteiger partial charge in [0.05, 0.1) is 39.2 Å². The van der Waals surface area contributed by atoms with E-state index < -0.39 is 39.8 Å². The second-order valence-electron chi connectivity index (χ2n) is 8.69. The Morgan fingerprint density at radius 2 is 1.86 bits per heavy atom. The fourth-order valence-corrected chi connectivity index (χ4v) is 7.95. The summed E-state index contributed by atoms with van der Waals surface area (Å²) in [6.07, 6.45) is 2.06. The third-order valence-electron chi connectivity index (χ3n) is 6.34. The lowest BCUT2D eigenvalue weighted by atomic mass is 10.3. The molecular formula is C20H34FN4O9PSi. The molecule has 4 aliphatic rings. The SMILES string of the molecule is COP(=O)(NCCC[Si]12OCCN(CCO1)CCO2)OCCn1c(=O)c(F)cn([C@H]2CCCO2)c1=O. The Kier molecular flexibility index (Phi) is 9.66. The number of nitrogens with zero attached hydrogens (tertiary/aromatic N) is 3. The molecule has 5 heterocycles. The fraction of sp³-hybridized carbons (Fsp3) is 0.800. The summed E-state index contributed by atoms with van der Waals surface area (Å²) in [6, 6.07) is 0.547. The third-order valence-corrected chi connectivity index (χ3v) is 10.9. The van der Waals surface area contributed by atoms with Gasteiger partial charge in [-0.15, -0.1) is 0 Å². The highest BCUT2D eigenvalue weighted by molar-refractivity contribution is 7.51. The van der Waals surface area contributed by atoms with E-state index in [9.17, 15) is 18.5 Å². The zero-order valence-electron chi connectivity index (χ0n) is 20.4. The number of hydrogen-bond acceptors (Lipinski definition) is 10. The molecule has 0 radical (unpaired) electrons. The van der Waals surface area contributed by atoms with E-state index in [1.54, 1.807) is 0 Å². The number of fused-ring (bicyclic) bond motifs is 6. The van der Waals surface area contributed by atoms with Crippen molar-refractivity contribution in [1.29, 1.82) is 0 Å². The van der Waals surface area contributed by atoms with Crippen molar-refractivity contribution < 1.29 is 36.0 Å². The van der Waals surface area contributed by atoms with Crippen LogP contribution in [-0.4, -0.2) is 89.2 Å². The molecule has 0 aromatic carbocycles. The molecule has 0 amide bonds. The largest absolute Gasteiger partial charge is 0.501 e. The van der Waals surface area contributed by atoms with Crippen LogP contribution in [0, 0.1) is 5.82 Å². The molecule has 4 aliphatic heterocycles. The molecule has 13 nitrogen and oxygen atoms in total. The van der Waals surface area contributed by atoms with Gasteiger partial charge in [0.2, 0.25) is 5.82 Å². The first-order valence-corrected chi connectivity index (χ1v) is 15.6. The van der Waals surface area contributed by atoms with Gasteiger partial charge in [0, 0.05) is 45.9 Å². The maximum absolute atomic E-state index is 14.2. The van der Waals surface area contributed by atoms with Crippen LogP contribution >= 0.6 is 7.75 Å². The van der Waals surface area contributed by atoms with Crippen LogP contribution in [0.1, 0.15) is 25.5 Å². The number of nitrogens with one attached hydrogen (secondary N) is 1. The summed E-state index contributed by atoms with van der Waals surface area (Å²) in [4.78, 5) is 27.2. The second kappa shape index (κ2) is 12.5. The molecule has 0 aliphatic carbocycles. The van der Waals surface area contributed by atoms with E-state index in [4.69, 9.17) is 27.1 Å². The summed E-state index contributed by atoms with van der Waals surface area (Å²) >= 11 is 0. The summed E-state index contributed by atoms with van der Waals surface area (Å²) in [6.45, 7) is 4.30. The van der Waals surface area contributed by atoms with Gasteiger partial charge in [0.1, 0.15) is 6.23 Å². The van der Waals surface area contributed by atoms with E-state index in [0.717, 1.165) is 36.8 Å². The van der Waals surface area contributed by atoms with Crippen molar-refractivity contribution >= 4 is 16.6 Å². The summed E-state index contributed by atoms with van der Waals surface area (Å²) < 4.78 is 62.7. The molecule has 4 saturated heterocycles. The molecule has 2 atom stereocenters. The lowest BCUT2D eigenvalue weighted by molar-refractivity contribution is -0.00848. The van der Waals surface area contributed by atoms with Crippen molar-refractivity contribution in [3.05, 3.63) is 32.9 Å². The Bertz CT molecular complexity index is 1020. The molecule has 16 heteroatoms. The van der Waals surface area contributed by atoms with Crippen LogP contribution in [0.25, 0.3) is 0 Å². The van der Waals surface area contributed by atoms with Gasteiger partial charge >= 0.3 is 22.2 Å². The summed E-state index contributed by atoms with van der Waals surface area (Å²) in [5.41, 5.74) is -1.80. The summed E-state index contributed by atoms with van der Waals surface area (Å²) in [5, 5.41) is 2.76. The number of hydrogen-bond donors (Lipinski definition) is 1. The highest BCUT2D eigenvalue weighted by Gasteiger charge is 2.43. The topological polar surface area (TPSA) is 132 Å². The number of aromatic nitrogens is 2. The smallest absolute Gasteiger partial charge is 0.372 e. The standard InChI is InChI=1S/C20H34FN4O9PSi/c1-29-35(28,22-5-3-15-36-32-12-6-23(7-13-33-36)8-14-34-36)31-11-9-24-19(26)17(21)16-25(20(24)27)18-4-2-10-30-18/h16,18H,2-15H2,1H3,(H,22,28)/t18-,35?/m1/s1. The molecule has 1 N–H and O–H groups in total. The highest BCUT2D eigenvalue weighted by Crippen LogP contribution is 2.42. The van der Waals surface area contributed by atoms with Crippen molar-refractivity contribution in [3.8, 4) is 0 Å². The monoisotopic (exact) mass is 552 g/mol. The van der Waals surface area contributed by atoms with Crippen LogP contribution < -0.4 is 16.3 Å². The third kappa shape index (κ3) is 6.78. The molecule has 1 aromatic heterocycles. The summed E-state index contributed by atoms with van der Waals surface area (Å²) in [5.74, 6) is -1.08. The Balaban J connectivity index is 1.29. The molecule has 4 fully saturated rings. The average molecular weight is 553 g/mol. The van der Waals surface area contributed by atoms with Crippen molar-refractivity contribution in [3.63, 3.8) is 0 Å². The minimum absolute atomic E-state index is 0.272. The Morgan fingerprint density at radius 1 is 1.17 bits per heavy atom. The molecule has 204 valence electrons. The Hall–Kier alpha value is -1.26. The maximum atomic E-state index is 14.2. The number of ether oxygens (including phenoxy) is 1. The van der Waals surface area contributed by atoms with E-state index >= 15 is 0 Å². The van der Waals surface area contributed by atoms with Crippen LogP contribution in [0.5, 0.6) is 0 Å². The van der Waals surface area contributed by atoms with Gasteiger partial charge < -0.3 is 22.5 Å². The van der Waals surface area contributed by atoms with E-state index in [1.807, 2.05) is 0 Å². The van der Waals surface area contributed by atoms with Crippen LogP contribution in [0.15, 0.2) is 15.8 Å². The Labute approximate surface area is 209 Å². The van der Waals surface area contributed by atoms with E-state index in [2.05, 4.69) is 9.99 Å². The average Bonchev–Trinajstić information content (AvgIpc) is 3.36. The lowest BCUT2D eigenvalue weighted by Crippen LogP contribution is -2.55. The van der Waals surface area contributed by atoms with Crippen LogP contribution in [0.4, 0.5) is 4.39 Å². The molecule has 1 aromatic rings. The molecular weight excluding hydrogens is 518 g/mol. The number of halogens is 1. The van der Waals surface area contributed by atoms with E-state index in [0.29, 0.717) is 49.9 Å². The van der Waals surface area contributed by atoms with Crippen molar-refractivity contribution in [2.75, 3.05) is 66.3 Å².